The lowest BCUT2D eigenvalue weighted by Gasteiger charge is -2.20. The van der Waals surface area contributed by atoms with E-state index in [9.17, 15) is 23.5 Å². The number of halogens is 3. The number of carboxylic acids is 1. The smallest absolute Gasteiger partial charge is 0.408 e. The van der Waals surface area contributed by atoms with Gasteiger partial charge in [-0.2, -0.15) is 8.78 Å². The van der Waals surface area contributed by atoms with Gasteiger partial charge in [0.15, 0.2) is 6.04 Å². The van der Waals surface area contributed by atoms with Crippen LogP contribution in [0.5, 0.6) is 5.75 Å². The van der Waals surface area contributed by atoms with Crippen molar-refractivity contribution in [1.29, 1.82) is 0 Å². The highest BCUT2D eigenvalue weighted by atomic mass is 79.9. The third-order valence-corrected chi connectivity index (χ3v) is 5.99. The number of carbonyl (C=O) groups is 2. The summed E-state index contributed by atoms with van der Waals surface area (Å²) in [7, 11) is 0. The number of alkyl carbamates (subject to hydrolysis) is 1. The Balaban J connectivity index is 1.52. The molecule has 1 atom stereocenters. The molecular formula is C24H18BrF2NO5. The molecule has 1 unspecified atom stereocenters. The van der Waals surface area contributed by atoms with Gasteiger partial charge in [-0.25, -0.2) is 9.59 Å². The number of alkyl halides is 2. The van der Waals surface area contributed by atoms with Gasteiger partial charge in [0.05, 0.1) is 4.47 Å². The maximum absolute atomic E-state index is 12.8. The summed E-state index contributed by atoms with van der Waals surface area (Å²) < 4.78 is 35.7. The minimum Gasteiger partial charge on any atom is -0.479 e. The van der Waals surface area contributed by atoms with E-state index in [1.54, 1.807) is 0 Å². The Hall–Kier alpha value is -3.46. The van der Waals surface area contributed by atoms with E-state index in [-0.39, 0.29) is 28.3 Å². The van der Waals surface area contributed by atoms with Crippen molar-refractivity contribution in [2.24, 2.45) is 0 Å². The van der Waals surface area contributed by atoms with Crippen molar-refractivity contribution in [1.82, 2.24) is 5.32 Å². The van der Waals surface area contributed by atoms with E-state index in [2.05, 4.69) is 26.0 Å². The van der Waals surface area contributed by atoms with Gasteiger partial charge in [-0.1, -0.05) is 60.7 Å². The zero-order chi connectivity index (χ0) is 23.5. The zero-order valence-corrected chi connectivity index (χ0v) is 18.6. The van der Waals surface area contributed by atoms with E-state index in [4.69, 9.17) is 4.74 Å². The van der Waals surface area contributed by atoms with Gasteiger partial charge in [-0.15, -0.1) is 0 Å². The first-order chi connectivity index (χ1) is 15.9. The third kappa shape index (κ3) is 4.68. The van der Waals surface area contributed by atoms with Gasteiger partial charge in [0.1, 0.15) is 12.4 Å². The topological polar surface area (TPSA) is 84.9 Å². The van der Waals surface area contributed by atoms with E-state index >= 15 is 0 Å². The summed E-state index contributed by atoms with van der Waals surface area (Å²) >= 11 is 3.07. The number of carbonyl (C=O) groups excluding carboxylic acids is 1. The molecule has 3 aromatic carbocycles. The lowest BCUT2D eigenvalue weighted by Crippen LogP contribution is -2.35. The summed E-state index contributed by atoms with van der Waals surface area (Å²) in [6.07, 6.45) is -0.993. The minimum absolute atomic E-state index is 0.0227. The average Bonchev–Trinajstić information content (AvgIpc) is 3.11. The monoisotopic (exact) mass is 517 g/mol. The Morgan fingerprint density at radius 3 is 2.15 bits per heavy atom. The number of aliphatic carboxylic acids is 1. The summed E-state index contributed by atoms with van der Waals surface area (Å²) in [5.41, 5.74) is 3.95. The van der Waals surface area contributed by atoms with Gasteiger partial charge in [-0.3, -0.25) is 0 Å². The molecule has 0 aromatic heterocycles. The largest absolute Gasteiger partial charge is 0.479 e. The Kier molecular flexibility index (Phi) is 6.60. The van der Waals surface area contributed by atoms with Crippen LogP contribution in [0.3, 0.4) is 0 Å². The molecule has 0 fully saturated rings. The number of amides is 1. The lowest BCUT2D eigenvalue weighted by molar-refractivity contribution is -0.139. The molecule has 9 heteroatoms. The van der Waals surface area contributed by atoms with Gasteiger partial charge in [-0.05, 0) is 44.3 Å². The Bertz CT molecular complexity index is 1160. The number of rotatable bonds is 7. The SMILES string of the molecule is O=C(NC(C(=O)O)c1cccc(Br)c1OC(F)F)OCC1c2ccccc2-c2ccccc21. The molecule has 170 valence electrons. The number of para-hydroxylation sites is 1. The van der Waals surface area contributed by atoms with Gasteiger partial charge in [0.2, 0.25) is 0 Å². The molecule has 1 amide bonds. The van der Waals surface area contributed by atoms with Crippen LogP contribution in [-0.4, -0.2) is 30.4 Å². The fourth-order valence-electron chi connectivity index (χ4n) is 4.00. The predicted molar refractivity (Wildman–Crippen MR) is 119 cm³/mol. The van der Waals surface area contributed by atoms with E-state index in [1.807, 2.05) is 48.5 Å². The average molecular weight is 518 g/mol. The number of fused-ring (bicyclic) bond motifs is 3. The quantitative estimate of drug-likeness (QED) is 0.419. The third-order valence-electron chi connectivity index (χ3n) is 5.37. The van der Waals surface area contributed by atoms with Crippen LogP contribution in [0.15, 0.2) is 71.2 Å². The summed E-state index contributed by atoms with van der Waals surface area (Å²) in [4.78, 5) is 24.4. The van der Waals surface area contributed by atoms with Crippen molar-refractivity contribution in [2.45, 2.75) is 18.6 Å². The second kappa shape index (κ2) is 9.58. The van der Waals surface area contributed by atoms with Crippen LogP contribution in [0.25, 0.3) is 11.1 Å². The number of hydrogen-bond donors (Lipinski definition) is 2. The standard InChI is InChI=1S/C24H18BrF2NO5/c25-19-11-5-10-17(21(19)33-23(26)27)20(22(29)30)28-24(31)32-12-18-15-8-3-1-6-13(15)14-7-2-4-9-16(14)18/h1-11,18,20,23H,12H2,(H,28,31)(H,29,30). The number of carboxylic acid groups (broad SMARTS) is 1. The Morgan fingerprint density at radius 1 is 0.970 bits per heavy atom. The van der Waals surface area contributed by atoms with Crippen LogP contribution < -0.4 is 10.1 Å². The minimum atomic E-state index is -3.17. The highest BCUT2D eigenvalue weighted by Gasteiger charge is 2.31. The normalized spacial score (nSPS) is 13.2. The summed E-state index contributed by atoms with van der Waals surface area (Å²) in [5.74, 6) is -2.05. The van der Waals surface area contributed by atoms with Gasteiger partial charge < -0.3 is 19.9 Å². The number of nitrogens with one attached hydrogen (secondary N) is 1. The van der Waals surface area contributed by atoms with E-state index in [0.29, 0.717) is 0 Å². The molecule has 0 aliphatic heterocycles. The van der Waals surface area contributed by atoms with Crippen LogP contribution in [0.2, 0.25) is 0 Å². The van der Waals surface area contributed by atoms with Crippen molar-refractivity contribution in [3.05, 3.63) is 87.9 Å². The molecule has 0 bridgehead atoms. The van der Waals surface area contributed by atoms with Crippen molar-refractivity contribution >= 4 is 28.0 Å². The maximum Gasteiger partial charge on any atom is 0.408 e. The molecule has 0 radical (unpaired) electrons. The predicted octanol–water partition coefficient (Wildman–Crippen LogP) is 5.71. The first kappa shape index (κ1) is 22.7. The van der Waals surface area contributed by atoms with Crippen molar-refractivity contribution in [3.8, 4) is 16.9 Å². The molecule has 0 heterocycles. The van der Waals surface area contributed by atoms with E-state index < -0.39 is 24.7 Å². The second-order valence-electron chi connectivity index (χ2n) is 7.28. The van der Waals surface area contributed by atoms with Crippen LogP contribution in [0.4, 0.5) is 13.6 Å². The lowest BCUT2D eigenvalue weighted by atomic mass is 9.98. The van der Waals surface area contributed by atoms with Crippen LogP contribution >= 0.6 is 15.9 Å². The summed E-state index contributed by atoms with van der Waals surface area (Å²) in [5, 5.41) is 11.9. The molecular weight excluding hydrogens is 500 g/mol. The molecule has 3 aromatic rings. The molecule has 4 rings (SSSR count). The molecule has 0 saturated heterocycles. The van der Waals surface area contributed by atoms with Crippen LogP contribution in [-0.2, 0) is 9.53 Å². The van der Waals surface area contributed by atoms with Gasteiger partial charge in [0, 0.05) is 11.5 Å². The van der Waals surface area contributed by atoms with Gasteiger partial charge in [0.25, 0.3) is 0 Å². The highest BCUT2D eigenvalue weighted by Crippen LogP contribution is 2.44. The first-order valence-corrected chi connectivity index (χ1v) is 10.7. The maximum atomic E-state index is 12.8. The van der Waals surface area contributed by atoms with Crippen LogP contribution in [0, 0.1) is 0 Å². The highest BCUT2D eigenvalue weighted by molar-refractivity contribution is 9.10. The van der Waals surface area contributed by atoms with Gasteiger partial charge >= 0.3 is 18.7 Å². The first-order valence-electron chi connectivity index (χ1n) is 9.94. The molecule has 33 heavy (non-hydrogen) atoms. The summed E-state index contributed by atoms with van der Waals surface area (Å²) in [6.45, 7) is -3.20. The number of hydrogen-bond acceptors (Lipinski definition) is 4. The van der Waals surface area contributed by atoms with E-state index in [1.165, 1.54) is 18.2 Å². The fourth-order valence-corrected chi connectivity index (χ4v) is 4.47. The number of benzene rings is 3. The molecule has 1 aliphatic rings. The molecule has 1 aliphatic carbocycles. The Morgan fingerprint density at radius 2 is 1.58 bits per heavy atom. The van der Waals surface area contributed by atoms with Crippen molar-refractivity contribution in [3.63, 3.8) is 0 Å². The van der Waals surface area contributed by atoms with Crippen LogP contribution in [0.1, 0.15) is 28.7 Å². The number of ether oxygens (including phenoxy) is 2. The Labute approximate surface area is 196 Å². The molecule has 2 N–H and O–H groups in total. The molecule has 0 spiro atoms. The van der Waals surface area contributed by atoms with E-state index in [0.717, 1.165) is 22.3 Å². The summed E-state index contributed by atoms with van der Waals surface area (Å²) in [6, 6.07) is 18.1. The molecule has 0 saturated carbocycles. The van der Waals surface area contributed by atoms with Crippen molar-refractivity contribution < 1.29 is 33.0 Å². The molecule has 6 nitrogen and oxygen atoms in total. The second-order valence-corrected chi connectivity index (χ2v) is 8.13. The zero-order valence-electron chi connectivity index (χ0n) is 17.0. The fraction of sp³-hybridized carbons (Fsp3) is 0.167. The van der Waals surface area contributed by atoms with Crippen molar-refractivity contribution in [2.75, 3.05) is 6.61 Å².